The molecule has 0 aliphatic carbocycles. The summed E-state index contributed by atoms with van der Waals surface area (Å²) in [6, 6.07) is 17.3. The lowest BCUT2D eigenvalue weighted by atomic mass is 10.1. The van der Waals surface area contributed by atoms with Crippen molar-refractivity contribution in [3.05, 3.63) is 88.3 Å². The molecule has 0 spiro atoms. The van der Waals surface area contributed by atoms with E-state index in [-0.39, 0.29) is 10.7 Å². The molecular formula is C23H19ClFN3O4S. The SMILES string of the molecule is Cc1nn(-c2cc(F)c(C(=O)NS(C)(=O)=O)cc2Cl)c2ccc(OCc3ccccc3)cc12. The third-order valence-corrected chi connectivity index (χ3v) is 5.73. The maximum Gasteiger partial charge on any atom is 0.267 e. The second kappa shape index (κ2) is 8.84. The van der Waals surface area contributed by atoms with Gasteiger partial charge in [0.1, 0.15) is 18.2 Å². The zero-order valence-electron chi connectivity index (χ0n) is 17.7. The molecule has 0 unspecified atom stereocenters. The molecule has 0 aliphatic rings. The Kier molecular flexibility index (Phi) is 6.09. The lowest BCUT2D eigenvalue weighted by molar-refractivity contribution is 0.0978. The van der Waals surface area contributed by atoms with Crippen molar-refractivity contribution in [3.8, 4) is 11.4 Å². The minimum atomic E-state index is -3.85. The van der Waals surface area contributed by atoms with Gasteiger partial charge in [0.2, 0.25) is 10.0 Å². The van der Waals surface area contributed by atoms with Crippen molar-refractivity contribution in [1.82, 2.24) is 14.5 Å². The molecule has 4 rings (SSSR count). The van der Waals surface area contributed by atoms with Gasteiger partial charge in [0, 0.05) is 11.5 Å². The largest absolute Gasteiger partial charge is 0.489 e. The standard InChI is InChI=1S/C23H19ClFN3O4S/c1-14-17-10-16(32-13-15-6-4-3-5-7-15)8-9-21(17)28(26-14)22-12-20(25)18(11-19(22)24)23(29)27-33(2,30)31/h3-12H,13H2,1-2H3,(H,27,29). The number of rotatable bonds is 6. The van der Waals surface area contributed by atoms with Crippen molar-refractivity contribution in [2.24, 2.45) is 0 Å². The highest BCUT2D eigenvalue weighted by molar-refractivity contribution is 7.89. The predicted molar refractivity (Wildman–Crippen MR) is 124 cm³/mol. The summed E-state index contributed by atoms with van der Waals surface area (Å²) in [5, 5.41) is 5.29. The van der Waals surface area contributed by atoms with E-state index in [9.17, 15) is 17.6 Å². The first kappa shape index (κ1) is 22.8. The highest BCUT2D eigenvalue weighted by atomic mass is 35.5. The van der Waals surface area contributed by atoms with Gasteiger partial charge < -0.3 is 4.74 Å². The predicted octanol–water partition coefficient (Wildman–Crippen LogP) is 4.39. The summed E-state index contributed by atoms with van der Waals surface area (Å²) in [4.78, 5) is 12.1. The van der Waals surface area contributed by atoms with Gasteiger partial charge in [-0.2, -0.15) is 5.10 Å². The fraction of sp³-hybridized carbons (Fsp3) is 0.130. The summed E-state index contributed by atoms with van der Waals surface area (Å²) in [7, 11) is -3.85. The summed E-state index contributed by atoms with van der Waals surface area (Å²) in [5.41, 5.74) is 2.09. The van der Waals surface area contributed by atoms with Gasteiger partial charge >= 0.3 is 0 Å². The molecule has 1 N–H and O–H groups in total. The Morgan fingerprint density at radius 3 is 2.58 bits per heavy atom. The molecule has 1 amide bonds. The summed E-state index contributed by atoms with van der Waals surface area (Å²) in [5.74, 6) is -1.39. The van der Waals surface area contributed by atoms with E-state index in [1.807, 2.05) is 36.4 Å². The summed E-state index contributed by atoms with van der Waals surface area (Å²) in [6.07, 6.45) is 0.801. The van der Waals surface area contributed by atoms with Gasteiger partial charge in [-0.25, -0.2) is 22.2 Å². The fourth-order valence-corrected chi connectivity index (χ4v) is 4.05. The van der Waals surface area contributed by atoms with Gasteiger partial charge in [-0.3, -0.25) is 4.79 Å². The van der Waals surface area contributed by atoms with E-state index in [1.54, 1.807) is 23.8 Å². The van der Waals surface area contributed by atoms with Crippen molar-refractivity contribution < 1.29 is 22.3 Å². The Balaban J connectivity index is 1.67. The summed E-state index contributed by atoms with van der Waals surface area (Å²) >= 11 is 6.33. The first-order valence-electron chi connectivity index (χ1n) is 9.80. The Labute approximate surface area is 194 Å². The maximum absolute atomic E-state index is 14.7. The topological polar surface area (TPSA) is 90.3 Å². The summed E-state index contributed by atoms with van der Waals surface area (Å²) < 4.78 is 46.4. The Hall–Kier alpha value is -3.43. The molecule has 0 saturated carbocycles. The number of carbonyl (C=O) groups excluding carboxylic acids is 1. The van der Waals surface area contributed by atoms with Crippen LogP contribution in [-0.4, -0.2) is 30.4 Å². The van der Waals surface area contributed by atoms with Crippen LogP contribution in [0.2, 0.25) is 5.02 Å². The number of hydrogen-bond donors (Lipinski definition) is 1. The van der Waals surface area contributed by atoms with Gasteiger partial charge in [0.15, 0.2) is 0 Å². The third-order valence-electron chi connectivity index (χ3n) is 4.87. The second-order valence-corrected chi connectivity index (χ2v) is 9.59. The average Bonchev–Trinajstić information content (AvgIpc) is 3.09. The number of nitrogens with one attached hydrogen (secondary N) is 1. The van der Waals surface area contributed by atoms with Crippen LogP contribution in [0.4, 0.5) is 4.39 Å². The number of hydrogen-bond acceptors (Lipinski definition) is 5. The lowest BCUT2D eigenvalue weighted by Crippen LogP contribution is -2.30. The molecule has 0 bridgehead atoms. The fourth-order valence-electron chi connectivity index (χ4n) is 3.36. The van der Waals surface area contributed by atoms with Crippen LogP contribution in [0.1, 0.15) is 21.6 Å². The van der Waals surface area contributed by atoms with Crippen LogP contribution >= 0.6 is 11.6 Å². The maximum atomic E-state index is 14.7. The van der Waals surface area contributed by atoms with E-state index in [1.165, 1.54) is 4.68 Å². The van der Waals surface area contributed by atoms with Crippen LogP contribution in [-0.2, 0) is 16.6 Å². The minimum absolute atomic E-state index is 0.0313. The molecule has 1 heterocycles. The molecule has 0 radical (unpaired) electrons. The average molecular weight is 488 g/mol. The van der Waals surface area contributed by atoms with E-state index >= 15 is 0 Å². The van der Waals surface area contributed by atoms with E-state index < -0.39 is 27.3 Å². The van der Waals surface area contributed by atoms with Gasteiger partial charge in [0.25, 0.3) is 5.91 Å². The molecular weight excluding hydrogens is 469 g/mol. The lowest BCUT2D eigenvalue weighted by Gasteiger charge is -2.10. The number of sulfonamides is 1. The molecule has 33 heavy (non-hydrogen) atoms. The Morgan fingerprint density at radius 1 is 1.15 bits per heavy atom. The molecule has 3 aromatic carbocycles. The number of carbonyl (C=O) groups is 1. The van der Waals surface area contributed by atoms with Crippen molar-refractivity contribution in [1.29, 1.82) is 0 Å². The molecule has 7 nitrogen and oxygen atoms in total. The number of aryl methyl sites for hydroxylation is 1. The van der Waals surface area contributed by atoms with Crippen molar-refractivity contribution in [2.75, 3.05) is 6.26 Å². The van der Waals surface area contributed by atoms with Crippen LogP contribution in [0.25, 0.3) is 16.6 Å². The number of halogens is 2. The zero-order valence-corrected chi connectivity index (χ0v) is 19.2. The van der Waals surface area contributed by atoms with E-state index in [2.05, 4.69) is 5.10 Å². The molecule has 170 valence electrons. The second-order valence-electron chi connectivity index (χ2n) is 7.44. The van der Waals surface area contributed by atoms with Crippen LogP contribution in [0.3, 0.4) is 0 Å². The van der Waals surface area contributed by atoms with Crippen LogP contribution in [0.5, 0.6) is 5.75 Å². The molecule has 0 saturated heterocycles. The minimum Gasteiger partial charge on any atom is -0.489 e. The third kappa shape index (κ3) is 4.99. The molecule has 10 heteroatoms. The van der Waals surface area contributed by atoms with Gasteiger partial charge in [-0.1, -0.05) is 41.9 Å². The van der Waals surface area contributed by atoms with Gasteiger partial charge in [-0.05, 0) is 36.8 Å². The number of nitrogens with zero attached hydrogens (tertiary/aromatic N) is 2. The first-order chi connectivity index (χ1) is 15.6. The molecule has 0 fully saturated rings. The van der Waals surface area contributed by atoms with Crippen LogP contribution in [0.15, 0.2) is 60.7 Å². The van der Waals surface area contributed by atoms with Crippen molar-refractivity contribution in [3.63, 3.8) is 0 Å². The Bertz CT molecular complexity index is 1470. The van der Waals surface area contributed by atoms with Crippen molar-refractivity contribution >= 4 is 38.4 Å². The molecule has 1 aromatic heterocycles. The smallest absolute Gasteiger partial charge is 0.267 e. The highest BCUT2D eigenvalue weighted by Gasteiger charge is 2.20. The monoisotopic (exact) mass is 487 g/mol. The quantitative estimate of drug-likeness (QED) is 0.435. The van der Waals surface area contributed by atoms with E-state index in [0.29, 0.717) is 23.6 Å². The normalized spacial score (nSPS) is 11.5. The Morgan fingerprint density at radius 2 is 1.88 bits per heavy atom. The number of amides is 1. The highest BCUT2D eigenvalue weighted by Crippen LogP contribution is 2.31. The number of aromatic nitrogens is 2. The zero-order chi connectivity index (χ0) is 23.8. The van der Waals surface area contributed by atoms with Gasteiger partial charge in [-0.15, -0.1) is 0 Å². The molecule has 4 aromatic rings. The van der Waals surface area contributed by atoms with Crippen molar-refractivity contribution in [2.45, 2.75) is 13.5 Å². The number of ether oxygens (including phenoxy) is 1. The number of fused-ring (bicyclic) bond motifs is 1. The molecule has 0 atom stereocenters. The molecule has 0 aliphatic heterocycles. The van der Waals surface area contributed by atoms with Crippen LogP contribution in [0, 0.1) is 12.7 Å². The first-order valence-corrected chi connectivity index (χ1v) is 12.1. The van der Waals surface area contributed by atoms with E-state index in [4.69, 9.17) is 16.3 Å². The van der Waals surface area contributed by atoms with Crippen LogP contribution < -0.4 is 9.46 Å². The van der Waals surface area contributed by atoms with E-state index in [0.717, 1.165) is 29.3 Å². The summed E-state index contributed by atoms with van der Waals surface area (Å²) in [6.45, 7) is 2.21. The van der Waals surface area contributed by atoms with Gasteiger partial charge in [0.05, 0.1) is 33.7 Å². The number of benzene rings is 3.